The first kappa shape index (κ1) is 17.0. The molecule has 0 spiro atoms. The lowest BCUT2D eigenvalue weighted by atomic mass is 10.1. The van der Waals surface area contributed by atoms with Crippen molar-refractivity contribution in [2.75, 3.05) is 6.61 Å². The standard InChI is InChI=1S/C18H16ClN3O3/c1-12(15-4-2-3-5-16(15)19)21-17(23)10-24-14-8-6-13(7-9-14)18-22-20-11-25-18/h2-9,11-12H,10H2,1H3,(H,21,23)/t12-/m1/s1. The van der Waals surface area contributed by atoms with Crippen LogP contribution >= 0.6 is 11.6 Å². The Bertz CT molecular complexity index is 835. The zero-order valence-corrected chi connectivity index (χ0v) is 14.2. The number of ether oxygens (including phenoxy) is 1. The first-order valence-electron chi connectivity index (χ1n) is 7.66. The second-order valence-corrected chi connectivity index (χ2v) is 5.77. The molecule has 0 aliphatic heterocycles. The highest BCUT2D eigenvalue weighted by atomic mass is 35.5. The van der Waals surface area contributed by atoms with Crippen molar-refractivity contribution in [2.24, 2.45) is 0 Å². The number of carbonyl (C=O) groups is 1. The van der Waals surface area contributed by atoms with Gasteiger partial charge in [0.05, 0.1) is 6.04 Å². The van der Waals surface area contributed by atoms with E-state index in [-0.39, 0.29) is 18.6 Å². The third-order valence-electron chi connectivity index (χ3n) is 3.58. The van der Waals surface area contributed by atoms with E-state index in [1.165, 1.54) is 6.39 Å². The van der Waals surface area contributed by atoms with Gasteiger partial charge in [0.15, 0.2) is 6.61 Å². The monoisotopic (exact) mass is 357 g/mol. The first-order chi connectivity index (χ1) is 12.1. The lowest BCUT2D eigenvalue weighted by Crippen LogP contribution is -2.31. The van der Waals surface area contributed by atoms with Crippen LogP contribution in [0.1, 0.15) is 18.5 Å². The Morgan fingerprint density at radius 1 is 1.24 bits per heavy atom. The fraction of sp³-hybridized carbons (Fsp3) is 0.167. The molecule has 25 heavy (non-hydrogen) atoms. The number of amides is 1. The van der Waals surface area contributed by atoms with E-state index in [1.807, 2.05) is 25.1 Å². The molecule has 3 aromatic rings. The number of hydrogen-bond acceptors (Lipinski definition) is 5. The molecule has 2 aromatic carbocycles. The van der Waals surface area contributed by atoms with Gasteiger partial charge >= 0.3 is 0 Å². The van der Waals surface area contributed by atoms with Crippen molar-refractivity contribution in [1.82, 2.24) is 15.5 Å². The molecular formula is C18H16ClN3O3. The molecule has 6 nitrogen and oxygen atoms in total. The summed E-state index contributed by atoms with van der Waals surface area (Å²) < 4.78 is 10.6. The van der Waals surface area contributed by atoms with E-state index >= 15 is 0 Å². The highest BCUT2D eigenvalue weighted by Crippen LogP contribution is 2.22. The molecule has 1 aromatic heterocycles. The number of halogens is 1. The van der Waals surface area contributed by atoms with E-state index < -0.39 is 0 Å². The third-order valence-corrected chi connectivity index (χ3v) is 3.92. The van der Waals surface area contributed by atoms with Crippen LogP contribution in [0.5, 0.6) is 5.75 Å². The SMILES string of the molecule is C[C@@H](NC(=O)COc1ccc(-c2nnco2)cc1)c1ccccc1Cl. The van der Waals surface area contributed by atoms with E-state index in [4.69, 9.17) is 20.8 Å². The van der Waals surface area contributed by atoms with E-state index in [1.54, 1.807) is 30.3 Å². The quantitative estimate of drug-likeness (QED) is 0.728. The molecule has 128 valence electrons. The summed E-state index contributed by atoms with van der Waals surface area (Å²) in [5, 5.41) is 10.9. The Hall–Kier alpha value is -2.86. The number of hydrogen-bond donors (Lipinski definition) is 1. The fourth-order valence-corrected chi connectivity index (χ4v) is 2.63. The summed E-state index contributed by atoms with van der Waals surface area (Å²) in [5.74, 6) is 0.773. The summed E-state index contributed by atoms with van der Waals surface area (Å²) in [7, 11) is 0. The summed E-state index contributed by atoms with van der Waals surface area (Å²) in [6.07, 6.45) is 1.27. The molecule has 0 bridgehead atoms. The van der Waals surface area contributed by atoms with Gasteiger partial charge in [-0.05, 0) is 42.8 Å². The van der Waals surface area contributed by atoms with E-state index in [0.717, 1.165) is 11.1 Å². The van der Waals surface area contributed by atoms with Crippen LogP contribution in [0.4, 0.5) is 0 Å². The van der Waals surface area contributed by atoms with Gasteiger partial charge in [-0.3, -0.25) is 4.79 Å². The molecule has 0 unspecified atom stereocenters. The third kappa shape index (κ3) is 4.36. The van der Waals surface area contributed by atoms with Gasteiger partial charge in [0.2, 0.25) is 12.3 Å². The minimum Gasteiger partial charge on any atom is -0.484 e. The molecule has 3 rings (SSSR count). The van der Waals surface area contributed by atoms with E-state index in [9.17, 15) is 4.79 Å². The largest absolute Gasteiger partial charge is 0.484 e. The van der Waals surface area contributed by atoms with Crippen LogP contribution in [0.15, 0.2) is 59.3 Å². The predicted octanol–water partition coefficient (Wildman–Crippen LogP) is 3.65. The van der Waals surface area contributed by atoms with Crippen molar-refractivity contribution in [1.29, 1.82) is 0 Å². The van der Waals surface area contributed by atoms with E-state index in [2.05, 4.69) is 15.5 Å². The molecule has 0 aliphatic carbocycles. The zero-order valence-electron chi connectivity index (χ0n) is 13.5. The fourth-order valence-electron chi connectivity index (χ4n) is 2.33. The summed E-state index contributed by atoms with van der Waals surface area (Å²) in [4.78, 5) is 12.1. The smallest absolute Gasteiger partial charge is 0.258 e. The van der Waals surface area contributed by atoms with Crippen LogP contribution in [-0.2, 0) is 4.79 Å². The minimum atomic E-state index is -0.228. The van der Waals surface area contributed by atoms with Crippen LogP contribution < -0.4 is 10.1 Å². The Labute approximate surface area is 149 Å². The molecule has 1 N–H and O–H groups in total. The minimum absolute atomic E-state index is 0.0886. The molecule has 1 atom stereocenters. The van der Waals surface area contributed by atoms with Gasteiger partial charge in [-0.25, -0.2) is 0 Å². The number of nitrogens with one attached hydrogen (secondary N) is 1. The predicted molar refractivity (Wildman–Crippen MR) is 93.2 cm³/mol. The molecular weight excluding hydrogens is 342 g/mol. The second kappa shape index (κ2) is 7.81. The van der Waals surface area contributed by atoms with Gasteiger partial charge in [0.1, 0.15) is 5.75 Å². The highest BCUT2D eigenvalue weighted by molar-refractivity contribution is 6.31. The van der Waals surface area contributed by atoms with Gasteiger partial charge < -0.3 is 14.5 Å². The number of nitrogens with zero attached hydrogens (tertiary/aromatic N) is 2. The molecule has 0 radical (unpaired) electrons. The Balaban J connectivity index is 1.53. The number of rotatable bonds is 6. The van der Waals surface area contributed by atoms with E-state index in [0.29, 0.717) is 16.7 Å². The number of aromatic nitrogens is 2. The number of benzene rings is 2. The molecule has 1 heterocycles. The molecule has 7 heteroatoms. The molecule has 0 saturated carbocycles. The Kier molecular flexibility index (Phi) is 5.30. The summed E-state index contributed by atoms with van der Waals surface area (Å²) in [6.45, 7) is 1.78. The highest BCUT2D eigenvalue weighted by Gasteiger charge is 2.12. The van der Waals surface area contributed by atoms with Gasteiger partial charge in [-0.1, -0.05) is 29.8 Å². The zero-order chi connectivity index (χ0) is 17.6. The van der Waals surface area contributed by atoms with Crippen molar-refractivity contribution in [2.45, 2.75) is 13.0 Å². The van der Waals surface area contributed by atoms with Gasteiger partial charge in [0, 0.05) is 10.6 Å². The van der Waals surface area contributed by atoms with Crippen LogP contribution in [0.2, 0.25) is 5.02 Å². The van der Waals surface area contributed by atoms with Crippen LogP contribution in [0.25, 0.3) is 11.5 Å². The topological polar surface area (TPSA) is 77.2 Å². The van der Waals surface area contributed by atoms with Crippen molar-refractivity contribution < 1.29 is 13.9 Å². The van der Waals surface area contributed by atoms with Crippen molar-refractivity contribution in [3.05, 3.63) is 65.5 Å². The van der Waals surface area contributed by atoms with Gasteiger partial charge in [-0.2, -0.15) is 0 Å². The van der Waals surface area contributed by atoms with Crippen LogP contribution in [0.3, 0.4) is 0 Å². The maximum absolute atomic E-state index is 12.1. The van der Waals surface area contributed by atoms with Crippen molar-refractivity contribution in [3.63, 3.8) is 0 Å². The summed E-state index contributed by atoms with van der Waals surface area (Å²) in [6, 6.07) is 14.2. The Morgan fingerprint density at radius 3 is 2.68 bits per heavy atom. The second-order valence-electron chi connectivity index (χ2n) is 5.37. The summed E-state index contributed by atoms with van der Waals surface area (Å²) in [5.41, 5.74) is 1.64. The van der Waals surface area contributed by atoms with Crippen LogP contribution in [0, 0.1) is 0 Å². The lowest BCUT2D eigenvalue weighted by Gasteiger charge is -2.16. The van der Waals surface area contributed by atoms with Gasteiger partial charge in [0.25, 0.3) is 5.91 Å². The summed E-state index contributed by atoms with van der Waals surface area (Å²) >= 11 is 6.13. The molecule has 0 fully saturated rings. The average molecular weight is 358 g/mol. The van der Waals surface area contributed by atoms with Crippen molar-refractivity contribution >= 4 is 17.5 Å². The average Bonchev–Trinajstić information content (AvgIpc) is 3.15. The maximum Gasteiger partial charge on any atom is 0.258 e. The van der Waals surface area contributed by atoms with Gasteiger partial charge in [-0.15, -0.1) is 10.2 Å². The molecule has 1 amide bonds. The normalized spacial score (nSPS) is 11.8. The molecule has 0 aliphatic rings. The van der Waals surface area contributed by atoms with Crippen LogP contribution in [-0.4, -0.2) is 22.7 Å². The maximum atomic E-state index is 12.1. The first-order valence-corrected chi connectivity index (χ1v) is 8.04. The van der Waals surface area contributed by atoms with Crippen molar-refractivity contribution in [3.8, 4) is 17.2 Å². The Morgan fingerprint density at radius 2 is 2.00 bits per heavy atom. The lowest BCUT2D eigenvalue weighted by molar-refractivity contribution is -0.123. The molecule has 0 saturated heterocycles. The number of carbonyl (C=O) groups excluding carboxylic acids is 1.